The molecule has 0 bridgehead atoms. The van der Waals surface area contributed by atoms with E-state index in [1.807, 2.05) is 13.8 Å². The van der Waals surface area contributed by atoms with Crippen LogP contribution < -0.4 is 10.5 Å². The molecule has 0 spiro atoms. The average Bonchev–Trinajstić information content (AvgIpc) is 2.42. The Balaban J connectivity index is 2.08. The summed E-state index contributed by atoms with van der Waals surface area (Å²) in [6.07, 6.45) is 4.68. The van der Waals surface area contributed by atoms with Crippen molar-refractivity contribution < 1.29 is 8.42 Å². The van der Waals surface area contributed by atoms with Crippen LogP contribution in [0, 0.1) is 25.7 Å². The van der Waals surface area contributed by atoms with Crippen LogP contribution in [0.2, 0.25) is 0 Å². The number of nitrogens with one attached hydrogen (secondary N) is 1. The molecule has 4 nitrogen and oxygen atoms in total. The fraction of sp³-hybridized carbons (Fsp3) is 0.625. The van der Waals surface area contributed by atoms with E-state index >= 15 is 0 Å². The van der Waals surface area contributed by atoms with Crippen LogP contribution in [0.25, 0.3) is 0 Å². The summed E-state index contributed by atoms with van der Waals surface area (Å²) >= 11 is 0. The minimum atomic E-state index is -3.47. The van der Waals surface area contributed by atoms with Crippen molar-refractivity contribution in [2.75, 3.05) is 12.3 Å². The van der Waals surface area contributed by atoms with Gasteiger partial charge in [-0.05, 0) is 61.8 Å². The Morgan fingerprint density at radius 3 is 2.62 bits per heavy atom. The highest BCUT2D eigenvalue weighted by Crippen LogP contribution is 2.28. The van der Waals surface area contributed by atoms with Gasteiger partial charge in [-0.3, -0.25) is 0 Å². The third-order valence-corrected chi connectivity index (χ3v) is 6.00. The monoisotopic (exact) mass is 310 g/mol. The number of nitrogens with two attached hydrogens (primary N) is 1. The number of rotatable bonds is 4. The van der Waals surface area contributed by atoms with Gasteiger partial charge in [0.05, 0.1) is 4.90 Å². The lowest BCUT2D eigenvalue weighted by molar-refractivity contribution is 0.283. The first kappa shape index (κ1) is 16.3. The zero-order chi connectivity index (χ0) is 15.6. The van der Waals surface area contributed by atoms with E-state index in [0.29, 0.717) is 24.1 Å². The van der Waals surface area contributed by atoms with Gasteiger partial charge in [0, 0.05) is 12.2 Å². The molecule has 0 heterocycles. The number of anilines is 1. The van der Waals surface area contributed by atoms with Crippen molar-refractivity contribution in [2.45, 2.75) is 51.3 Å². The van der Waals surface area contributed by atoms with Crippen molar-refractivity contribution in [1.29, 1.82) is 0 Å². The molecule has 1 aliphatic carbocycles. The van der Waals surface area contributed by atoms with Crippen molar-refractivity contribution in [3.05, 3.63) is 23.3 Å². The Hall–Kier alpha value is -1.07. The van der Waals surface area contributed by atoms with Crippen LogP contribution >= 0.6 is 0 Å². The highest BCUT2D eigenvalue weighted by molar-refractivity contribution is 7.89. The molecule has 21 heavy (non-hydrogen) atoms. The molecule has 2 atom stereocenters. The average molecular weight is 310 g/mol. The number of benzene rings is 1. The van der Waals surface area contributed by atoms with E-state index in [2.05, 4.69) is 11.6 Å². The summed E-state index contributed by atoms with van der Waals surface area (Å²) in [5.74, 6) is 1.15. The molecule has 0 saturated heterocycles. The number of nitrogen functional groups attached to an aromatic ring is 1. The maximum atomic E-state index is 12.4. The summed E-state index contributed by atoms with van der Waals surface area (Å²) in [5.41, 5.74) is 8.26. The van der Waals surface area contributed by atoms with E-state index in [1.54, 1.807) is 12.1 Å². The number of hydrogen-bond donors (Lipinski definition) is 2. The second-order valence-corrected chi connectivity index (χ2v) is 8.21. The smallest absolute Gasteiger partial charge is 0.240 e. The highest BCUT2D eigenvalue weighted by atomic mass is 32.2. The summed E-state index contributed by atoms with van der Waals surface area (Å²) in [4.78, 5) is 0.270. The maximum Gasteiger partial charge on any atom is 0.240 e. The van der Waals surface area contributed by atoms with Crippen LogP contribution in [-0.2, 0) is 10.0 Å². The molecule has 2 unspecified atom stereocenters. The van der Waals surface area contributed by atoms with Gasteiger partial charge in [0.15, 0.2) is 0 Å². The molecule has 0 aromatic heterocycles. The number of hydrogen-bond acceptors (Lipinski definition) is 3. The fourth-order valence-corrected chi connectivity index (χ4v) is 4.30. The zero-order valence-corrected chi connectivity index (χ0v) is 14.0. The molecule has 0 amide bonds. The maximum absolute atomic E-state index is 12.4. The first-order chi connectivity index (χ1) is 9.79. The van der Waals surface area contributed by atoms with Gasteiger partial charge in [-0.25, -0.2) is 13.1 Å². The minimum absolute atomic E-state index is 0.270. The van der Waals surface area contributed by atoms with Crippen LogP contribution in [0.5, 0.6) is 0 Å². The normalized spacial score (nSPS) is 23.2. The Labute approximate surface area is 128 Å². The quantitative estimate of drug-likeness (QED) is 0.840. The highest BCUT2D eigenvalue weighted by Gasteiger charge is 2.22. The van der Waals surface area contributed by atoms with E-state index < -0.39 is 10.0 Å². The summed E-state index contributed by atoms with van der Waals surface area (Å²) in [6, 6.07) is 3.24. The van der Waals surface area contributed by atoms with Crippen molar-refractivity contribution in [2.24, 2.45) is 11.8 Å². The van der Waals surface area contributed by atoms with E-state index in [0.717, 1.165) is 24.0 Å². The van der Waals surface area contributed by atoms with Gasteiger partial charge in [-0.15, -0.1) is 0 Å². The summed E-state index contributed by atoms with van der Waals surface area (Å²) in [5, 5.41) is 0. The van der Waals surface area contributed by atoms with Crippen LogP contribution in [-0.4, -0.2) is 15.0 Å². The third-order valence-electron chi connectivity index (χ3n) is 4.60. The molecular formula is C16H26N2O2S. The molecular weight excluding hydrogens is 284 g/mol. The van der Waals surface area contributed by atoms with E-state index in [1.165, 1.54) is 12.8 Å². The standard InChI is InChI=1S/C16H26N2O2S/c1-11-5-4-6-14(7-11)10-18-21(19,20)15-8-12(2)13(3)16(17)9-15/h8-9,11,14,18H,4-7,10,17H2,1-3H3. The van der Waals surface area contributed by atoms with Gasteiger partial charge < -0.3 is 5.73 Å². The molecule has 118 valence electrons. The Morgan fingerprint density at radius 2 is 2.00 bits per heavy atom. The lowest BCUT2D eigenvalue weighted by Crippen LogP contribution is -2.31. The Bertz CT molecular complexity index is 588. The molecule has 0 aliphatic heterocycles. The van der Waals surface area contributed by atoms with Gasteiger partial charge in [0.2, 0.25) is 10.0 Å². The summed E-state index contributed by atoms with van der Waals surface area (Å²) in [6.45, 7) is 6.55. The largest absolute Gasteiger partial charge is 0.398 e. The van der Waals surface area contributed by atoms with E-state index in [-0.39, 0.29) is 4.90 Å². The van der Waals surface area contributed by atoms with Gasteiger partial charge in [0.25, 0.3) is 0 Å². The van der Waals surface area contributed by atoms with Gasteiger partial charge in [-0.2, -0.15) is 0 Å². The summed E-state index contributed by atoms with van der Waals surface area (Å²) in [7, 11) is -3.47. The van der Waals surface area contributed by atoms with Crippen LogP contribution in [0.1, 0.15) is 43.7 Å². The van der Waals surface area contributed by atoms with Crippen molar-refractivity contribution in [3.63, 3.8) is 0 Å². The fourth-order valence-electron chi connectivity index (χ4n) is 3.06. The van der Waals surface area contributed by atoms with E-state index in [9.17, 15) is 8.42 Å². The molecule has 0 radical (unpaired) electrons. The number of aryl methyl sites for hydroxylation is 1. The minimum Gasteiger partial charge on any atom is -0.398 e. The van der Waals surface area contributed by atoms with Crippen molar-refractivity contribution in [3.8, 4) is 0 Å². The SMILES string of the molecule is Cc1cc(S(=O)(=O)NCC2CCCC(C)C2)cc(N)c1C. The second-order valence-electron chi connectivity index (χ2n) is 6.44. The zero-order valence-electron chi connectivity index (χ0n) is 13.1. The predicted molar refractivity (Wildman–Crippen MR) is 86.6 cm³/mol. The Morgan fingerprint density at radius 1 is 1.29 bits per heavy atom. The van der Waals surface area contributed by atoms with Crippen LogP contribution in [0.15, 0.2) is 17.0 Å². The molecule has 1 aliphatic rings. The van der Waals surface area contributed by atoms with Crippen molar-refractivity contribution in [1.82, 2.24) is 4.72 Å². The van der Waals surface area contributed by atoms with Crippen LogP contribution in [0.4, 0.5) is 5.69 Å². The molecule has 5 heteroatoms. The summed E-state index contributed by atoms with van der Waals surface area (Å²) < 4.78 is 27.6. The molecule has 1 aromatic carbocycles. The lowest BCUT2D eigenvalue weighted by atomic mass is 9.83. The van der Waals surface area contributed by atoms with Crippen molar-refractivity contribution >= 4 is 15.7 Å². The van der Waals surface area contributed by atoms with Crippen LogP contribution in [0.3, 0.4) is 0 Å². The predicted octanol–water partition coefficient (Wildman–Crippen LogP) is 2.99. The molecule has 1 fully saturated rings. The second kappa shape index (κ2) is 6.36. The molecule has 2 rings (SSSR count). The first-order valence-corrected chi connectivity index (χ1v) is 9.14. The third kappa shape index (κ3) is 3.98. The molecule has 1 aromatic rings. The first-order valence-electron chi connectivity index (χ1n) is 7.66. The Kier molecular flexibility index (Phi) is 4.94. The van der Waals surface area contributed by atoms with Gasteiger partial charge in [0.1, 0.15) is 0 Å². The number of sulfonamides is 1. The van der Waals surface area contributed by atoms with E-state index in [4.69, 9.17) is 5.73 Å². The lowest BCUT2D eigenvalue weighted by Gasteiger charge is -2.26. The molecule has 1 saturated carbocycles. The van der Waals surface area contributed by atoms with Gasteiger partial charge >= 0.3 is 0 Å². The topological polar surface area (TPSA) is 72.2 Å². The molecule has 3 N–H and O–H groups in total. The van der Waals surface area contributed by atoms with Gasteiger partial charge in [-0.1, -0.05) is 19.8 Å².